The highest BCUT2D eigenvalue weighted by atomic mass is 19.4. The second-order valence-electron chi connectivity index (χ2n) is 3.11. The van der Waals surface area contributed by atoms with Gasteiger partial charge in [-0.3, -0.25) is 0 Å². The van der Waals surface area contributed by atoms with E-state index in [0.717, 1.165) is 0 Å². The number of hydrogen-bond donors (Lipinski definition) is 1. The minimum Gasteiger partial charge on any atom is -0.396 e. The quantitative estimate of drug-likeness (QED) is 0.802. The van der Waals surface area contributed by atoms with E-state index < -0.39 is 25.1 Å². The standard InChI is InChI=1S/C10H11F3O/c11-10(12,13)6-9(7-14)8-4-2-1-3-5-8/h1-5,9,14H,6-7H2. The first kappa shape index (κ1) is 11.0. The monoisotopic (exact) mass is 204 g/mol. The van der Waals surface area contributed by atoms with Gasteiger partial charge in [0.2, 0.25) is 0 Å². The van der Waals surface area contributed by atoms with Crippen LogP contribution in [0.3, 0.4) is 0 Å². The van der Waals surface area contributed by atoms with Gasteiger partial charge in [0.1, 0.15) is 0 Å². The molecule has 0 amide bonds. The normalized spacial score (nSPS) is 14.0. The molecule has 1 N–H and O–H groups in total. The zero-order chi connectivity index (χ0) is 10.6. The summed E-state index contributed by atoms with van der Waals surface area (Å²) in [6, 6.07) is 8.23. The van der Waals surface area contributed by atoms with Crippen molar-refractivity contribution in [2.75, 3.05) is 6.61 Å². The van der Waals surface area contributed by atoms with Gasteiger partial charge in [-0.2, -0.15) is 13.2 Å². The summed E-state index contributed by atoms with van der Waals surface area (Å²) in [5, 5.41) is 8.84. The van der Waals surface area contributed by atoms with Crippen LogP contribution >= 0.6 is 0 Å². The molecule has 0 spiro atoms. The first-order valence-electron chi connectivity index (χ1n) is 4.25. The molecule has 0 saturated carbocycles. The Kier molecular flexibility index (Phi) is 3.52. The Hall–Kier alpha value is -1.03. The van der Waals surface area contributed by atoms with Crippen LogP contribution in [0.2, 0.25) is 0 Å². The highest BCUT2D eigenvalue weighted by Gasteiger charge is 2.32. The summed E-state index contributed by atoms with van der Waals surface area (Å²) >= 11 is 0. The third kappa shape index (κ3) is 3.38. The average Bonchev–Trinajstić information content (AvgIpc) is 2.14. The van der Waals surface area contributed by atoms with E-state index in [1.807, 2.05) is 0 Å². The van der Waals surface area contributed by atoms with Crippen LogP contribution in [0, 0.1) is 0 Å². The zero-order valence-corrected chi connectivity index (χ0v) is 7.46. The second-order valence-corrected chi connectivity index (χ2v) is 3.11. The number of hydrogen-bond acceptors (Lipinski definition) is 1. The maximum Gasteiger partial charge on any atom is 0.389 e. The molecule has 0 fully saturated rings. The van der Waals surface area contributed by atoms with Crippen molar-refractivity contribution in [2.45, 2.75) is 18.5 Å². The van der Waals surface area contributed by atoms with Crippen LogP contribution in [0.5, 0.6) is 0 Å². The van der Waals surface area contributed by atoms with Gasteiger partial charge >= 0.3 is 6.18 Å². The molecule has 0 aliphatic carbocycles. The van der Waals surface area contributed by atoms with Crippen LogP contribution < -0.4 is 0 Å². The molecular weight excluding hydrogens is 193 g/mol. The van der Waals surface area contributed by atoms with Gasteiger partial charge in [0.05, 0.1) is 13.0 Å². The lowest BCUT2D eigenvalue weighted by atomic mass is 9.96. The summed E-state index contributed by atoms with van der Waals surface area (Å²) in [6.07, 6.45) is -5.21. The van der Waals surface area contributed by atoms with E-state index in [9.17, 15) is 13.2 Å². The smallest absolute Gasteiger partial charge is 0.389 e. The molecule has 0 aromatic heterocycles. The van der Waals surface area contributed by atoms with E-state index >= 15 is 0 Å². The van der Waals surface area contributed by atoms with E-state index in [1.54, 1.807) is 30.3 Å². The van der Waals surface area contributed by atoms with Gasteiger partial charge in [-0.25, -0.2) is 0 Å². The van der Waals surface area contributed by atoms with Gasteiger partial charge in [-0.05, 0) is 5.56 Å². The maximum absolute atomic E-state index is 12.1. The summed E-state index contributed by atoms with van der Waals surface area (Å²) < 4.78 is 36.2. The fourth-order valence-electron chi connectivity index (χ4n) is 1.29. The minimum atomic E-state index is -4.23. The van der Waals surface area contributed by atoms with E-state index in [0.29, 0.717) is 5.56 Å². The van der Waals surface area contributed by atoms with Crippen LogP contribution in [-0.4, -0.2) is 17.9 Å². The molecule has 0 aliphatic rings. The molecule has 0 radical (unpaired) electrons. The minimum absolute atomic E-state index is 0.483. The Morgan fingerprint density at radius 2 is 1.71 bits per heavy atom. The molecule has 0 heterocycles. The predicted molar refractivity (Wildman–Crippen MR) is 46.9 cm³/mol. The Morgan fingerprint density at radius 1 is 1.14 bits per heavy atom. The van der Waals surface area contributed by atoms with Gasteiger partial charge < -0.3 is 5.11 Å². The second kappa shape index (κ2) is 4.46. The topological polar surface area (TPSA) is 20.2 Å². The lowest BCUT2D eigenvalue weighted by Crippen LogP contribution is -2.16. The van der Waals surface area contributed by atoms with Crippen molar-refractivity contribution in [2.24, 2.45) is 0 Å². The number of aliphatic hydroxyl groups is 1. The lowest BCUT2D eigenvalue weighted by Gasteiger charge is -2.16. The van der Waals surface area contributed by atoms with Gasteiger partial charge in [0.25, 0.3) is 0 Å². The van der Waals surface area contributed by atoms with Crippen LogP contribution in [0.15, 0.2) is 30.3 Å². The van der Waals surface area contributed by atoms with Crippen molar-refractivity contribution in [1.82, 2.24) is 0 Å². The first-order chi connectivity index (χ1) is 6.53. The molecule has 1 unspecified atom stereocenters. The molecule has 0 saturated heterocycles. The van der Waals surface area contributed by atoms with E-state index in [4.69, 9.17) is 5.11 Å². The number of alkyl halides is 3. The van der Waals surface area contributed by atoms with E-state index in [-0.39, 0.29) is 0 Å². The highest BCUT2D eigenvalue weighted by Crippen LogP contribution is 2.30. The van der Waals surface area contributed by atoms with Gasteiger partial charge in [0.15, 0.2) is 0 Å². The molecule has 4 heteroatoms. The van der Waals surface area contributed by atoms with Crippen LogP contribution in [-0.2, 0) is 0 Å². The predicted octanol–water partition coefficient (Wildman–Crippen LogP) is 2.71. The van der Waals surface area contributed by atoms with Crippen molar-refractivity contribution in [1.29, 1.82) is 0 Å². The van der Waals surface area contributed by atoms with Crippen LogP contribution in [0.4, 0.5) is 13.2 Å². The fraction of sp³-hybridized carbons (Fsp3) is 0.400. The summed E-state index contributed by atoms with van der Waals surface area (Å²) in [5.74, 6) is -0.851. The van der Waals surface area contributed by atoms with Crippen molar-refractivity contribution >= 4 is 0 Å². The summed E-state index contributed by atoms with van der Waals surface area (Å²) in [5.41, 5.74) is 0.521. The Labute approximate surface area is 80.2 Å². The van der Waals surface area contributed by atoms with Crippen LogP contribution in [0.1, 0.15) is 17.9 Å². The highest BCUT2D eigenvalue weighted by molar-refractivity contribution is 5.19. The largest absolute Gasteiger partial charge is 0.396 e. The van der Waals surface area contributed by atoms with Gasteiger partial charge in [-0.15, -0.1) is 0 Å². The average molecular weight is 204 g/mol. The van der Waals surface area contributed by atoms with E-state index in [2.05, 4.69) is 0 Å². The number of rotatable bonds is 3. The fourth-order valence-corrected chi connectivity index (χ4v) is 1.29. The Balaban J connectivity index is 2.73. The molecule has 1 atom stereocenters. The van der Waals surface area contributed by atoms with Crippen molar-refractivity contribution in [3.05, 3.63) is 35.9 Å². The van der Waals surface area contributed by atoms with Gasteiger partial charge in [0, 0.05) is 5.92 Å². The Bertz CT molecular complexity index is 268. The third-order valence-corrected chi connectivity index (χ3v) is 1.97. The number of aliphatic hydroxyl groups excluding tert-OH is 1. The summed E-state index contributed by atoms with van der Waals surface area (Å²) in [6.45, 7) is -0.483. The molecule has 1 aromatic carbocycles. The van der Waals surface area contributed by atoms with Gasteiger partial charge in [-0.1, -0.05) is 30.3 Å². The number of halogens is 3. The Morgan fingerprint density at radius 3 is 2.14 bits per heavy atom. The van der Waals surface area contributed by atoms with E-state index in [1.165, 1.54) is 0 Å². The lowest BCUT2D eigenvalue weighted by molar-refractivity contribution is -0.140. The molecule has 1 rings (SSSR count). The molecule has 14 heavy (non-hydrogen) atoms. The maximum atomic E-state index is 12.1. The molecule has 0 aliphatic heterocycles. The number of benzene rings is 1. The zero-order valence-electron chi connectivity index (χ0n) is 7.46. The first-order valence-corrected chi connectivity index (χ1v) is 4.25. The summed E-state index contributed by atoms with van der Waals surface area (Å²) in [7, 11) is 0. The van der Waals surface area contributed by atoms with Crippen molar-refractivity contribution in [3.8, 4) is 0 Å². The molecule has 78 valence electrons. The molecular formula is C10H11F3O. The van der Waals surface area contributed by atoms with Crippen LogP contribution in [0.25, 0.3) is 0 Å². The summed E-state index contributed by atoms with van der Waals surface area (Å²) in [4.78, 5) is 0. The molecule has 0 bridgehead atoms. The molecule has 1 nitrogen and oxygen atoms in total. The molecule has 1 aromatic rings. The SMILES string of the molecule is OCC(CC(F)(F)F)c1ccccc1. The van der Waals surface area contributed by atoms with Crippen molar-refractivity contribution < 1.29 is 18.3 Å². The van der Waals surface area contributed by atoms with Crippen molar-refractivity contribution in [3.63, 3.8) is 0 Å². The third-order valence-electron chi connectivity index (χ3n) is 1.97.